The minimum Gasteiger partial charge on any atom is -0.467 e. The Hall–Kier alpha value is -0.840. The van der Waals surface area contributed by atoms with E-state index in [9.17, 15) is 5.11 Å². The molecule has 1 fully saturated rings. The van der Waals surface area contributed by atoms with Crippen LogP contribution in [0.3, 0.4) is 0 Å². The fourth-order valence-electron chi connectivity index (χ4n) is 3.21. The van der Waals surface area contributed by atoms with Gasteiger partial charge in [0, 0.05) is 19.8 Å². The van der Waals surface area contributed by atoms with Crippen LogP contribution in [0, 0.1) is 0 Å². The fraction of sp³-hybridized carbons (Fsp3) is 0.765. The number of ether oxygens (including phenoxy) is 1. The summed E-state index contributed by atoms with van der Waals surface area (Å²) < 4.78 is 10.5. The first-order valence-corrected chi connectivity index (χ1v) is 8.25. The van der Waals surface area contributed by atoms with Crippen molar-refractivity contribution in [1.82, 2.24) is 4.90 Å². The standard InChI is InChI=1S/C17H29NO3/c1-20-12-6-5-11-18-10-4-2-3-8-15(18)14-16(19)17-9-7-13-21-17/h7,9,13,15-16,19H,2-6,8,10-12,14H2,1H3. The zero-order chi connectivity index (χ0) is 14.9. The Labute approximate surface area is 128 Å². The molecule has 2 heterocycles. The van der Waals surface area contributed by atoms with Crippen molar-refractivity contribution in [3.05, 3.63) is 24.2 Å². The van der Waals surface area contributed by atoms with Crippen molar-refractivity contribution in [1.29, 1.82) is 0 Å². The van der Waals surface area contributed by atoms with Crippen LogP contribution in [-0.2, 0) is 4.74 Å². The van der Waals surface area contributed by atoms with Gasteiger partial charge in [0.15, 0.2) is 0 Å². The lowest BCUT2D eigenvalue weighted by molar-refractivity contribution is 0.0840. The molecule has 0 spiro atoms. The summed E-state index contributed by atoms with van der Waals surface area (Å²) in [7, 11) is 1.76. The molecule has 4 nitrogen and oxygen atoms in total. The summed E-state index contributed by atoms with van der Waals surface area (Å²) in [5, 5.41) is 10.3. The van der Waals surface area contributed by atoms with Crippen LogP contribution in [0.4, 0.5) is 0 Å². The van der Waals surface area contributed by atoms with Crippen LogP contribution < -0.4 is 0 Å². The molecule has 0 aromatic carbocycles. The van der Waals surface area contributed by atoms with E-state index >= 15 is 0 Å². The predicted octanol–water partition coefficient (Wildman–Crippen LogP) is 3.37. The molecule has 1 saturated heterocycles. The Bertz CT molecular complexity index is 366. The third-order valence-corrected chi connectivity index (χ3v) is 4.41. The number of aliphatic hydroxyl groups excluding tert-OH is 1. The van der Waals surface area contributed by atoms with Crippen molar-refractivity contribution in [3.63, 3.8) is 0 Å². The van der Waals surface area contributed by atoms with Crippen LogP contribution >= 0.6 is 0 Å². The topological polar surface area (TPSA) is 45.8 Å². The summed E-state index contributed by atoms with van der Waals surface area (Å²) in [4.78, 5) is 2.56. The second-order valence-corrected chi connectivity index (χ2v) is 6.01. The van der Waals surface area contributed by atoms with Gasteiger partial charge in [-0.3, -0.25) is 0 Å². The average Bonchev–Trinajstić information content (AvgIpc) is 2.94. The average molecular weight is 295 g/mol. The van der Waals surface area contributed by atoms with Gasteiger partial charge in [-0.2, -0.15) is 0 Å². The first-order valence-electron chi connectivity index (χ1n) is 8.25. The maximum Gasteiger partial charge on any atom is 0.132 e. The van der Waals surface area contributed by atoms with E-state index in [4.69, 9.17) is 9.15 Å². The van der Waals surface area contributed by atoms with Gasteiger partial charge in [-0.05, 0) is 57.3 Å². The molecule has 2 atom stereocenters. The normalized spacial score (nSPS) is 22.1. The largest absolute Gasteiger partial charge is 0.467 e. The second-order valence-electron chi connectivity index (χ2n) is 6.01. The molecule has 21 heavy (non-hydrogen) atoms. The highest BCUT2D eigenvalue weighted by molar-refractivity contribution is 5.02. The fourth-order valence-corrected chi connectivity index (χ4v) is 3.21. The molecule has 1 aliphatic heterocycles. The number of methoxy groups -OCH3 is 1. The molecule has 2 rings (SSSR count). The Morgan fingerprint density at radius 1 is 1.38 bits per heavy atom. The number of likely N-dealkylation sites (tertiary alicyclic amines) is 1. The van der Waals surface area contributed by atoms with Crippen molar-refractivity contribution in [3.8, 4) is 0 Å². The lowest BCUT2D eigenvalue weighted by atomic mass is 10.0. The molecule has 0 saturated carbocycles. The monoisotopic (exact) mass is 295 g/mol. The number of furan rings is 1. The van der Waals surface area contributed by atoms with Crippen molar-refractivity contribution < 1.29 is 14.3 Å². The summed E-state index contributed by atoms with van der Waals surface area (Å²) in [5.41, 5.74) is 0. The van der Waals surface area contributed by atoms with Crippen molar-refractivity contribution >= 4 is 0 Å². The molecule has 0 radical (unpaired) electrons. The van der Waals surface area contributed by atoms with E-state index in [0.717, 1.165) is 32.5 Å². The van der Waals surface area contributed by atoms with Gasteiger partial charge in [0.25, 0.3) is 0 Å². The third-order valence-electron chi connectivity index (χ3n) is 4.41. The van der Waals surface area contributed by atoms with Crippen LogP contribution in [0.25, 0.3) is 0 Å². The Balaban J connectivity index is 1.85. The van der Waals surface area contributed by atoms with E-state index in [2.05, 4.69) is 4.90 Å². The van der Waals surface area contributed by atoms with Crippen LogP contribution in [-0.4, -0.2) is 42.9 Å². The molecule has 4 heteroatoms. The third kappa shape index (κ3) is 5.46. The number of rotatable bonds is 8. The molecule has 0 bridgehead atoms. The number of hydrogen-bond donors (Lipinski definition) is 1. The molecule has 120 valence electrons. The lowest BCUT2D eigenvalue weighted by Gasteiger charge is -2.31. The van der Waals surface area contributed by atoms with E-state index in [1.807, 2.05) is 12.1 Å². The number of unbranched alkanes of at least 4 members (excludes halogenated alkanes) is 1. The highest BCUT2D eigenvalue weighted by atomic mass is 16.5. The van der Waals surface area contributed by atoms with Crippen molar-refractivity contribution in [2.24, 2.45) is 0 Å². The minimum absolute atomic E-state index is 0.468. The van der Waals surface area contributed by atoms with Gasteiger partial charge in [-0.25, -0.2) is 0 Å². The molecule has 1 aliphatic rings. The summed E-state index contributed by atoms with van der Waals surface area (Å²) >= 11 is 0. The highest BCUT2D eigenvalue weighted by Crippen LogP contribution is 2.26. The predicted molar refractivity (Wildman–Crippen MR) is 83.2 cm³/mol. The van der Waals surface area contributed by atoms with Gasteiger partial charge in [-0.15, -0.1) is 0 Å². The quantitative estimate of drug-likeness (QED) is 0.747. The zero-order valence-electron chi connectivity index (χ0n) is 13.2. The van der Waals surface area contributed by atoms with Gasteiger partial charge in [0.1, 0.15) is 11.9 Å². The number of aliphatic hydroxyl groups is 1. The van der Waals surface area contributed by atoms with E-state index < -0.39 is 6.10 Å². The Morgan fingerprint density at radius 2 is 2.29 bits per heavy atom. The van der Waals surface area contributed by atoms with Gasteiger partial charge in [-0.1, -0.05) is 12.8 Å². The lowest BCUT2D eigenvalue weighted by Crippen LogP contribution is -2.36. The van der Waals surface area contributed by atoms with Gasteiger partial charge in [0.05, 0.1) is 6.26 Å². The molecule has 0 amide bonds. The molecular formula is C17H29NO3. The smallest absolute Gasteiger partial charge is 0.132 e. The summed E-state index contributed by atoms with van der Waals surface area (Å²) in [6.07, 6.45) is 9.24. The number of nitrogens with zero attached hydrogens (tertiary/aromatic N) is 1. The SMILES string of the molecule is COCCCCN1CCCCCC1CC(O)c1ccco1. The maximum absolute atomic E-state index is 10.3. The van der Waals surface area contributed by atoms with E-state index in [1.165, 1.54) is 32.1 Å². The summed E-state index contributed by atoms with van der Waals surface area (Å²) in [6.45, 7) is 3.11. The van der Waals surface area contributed by atoms with Gasteiger partial charge >= 0.3 is 0 Å². The van der Waals surface area contributed by atoms with Crippen LogP contribution in [0.5, 0.6) is 0 Å². The highest BCUT2D eigenvalue weighted by Gasteiger charge is 2.24. The second kappa shape index (κ2) is 9.23. The van der Waals surface area contributed by atoms with Gasteiger partial charge in [0.2, 0.25) is 0 Å². The zero-order valence-corrected chi connectivity index (χ0v) is 13.2. The molecule has 1 aromatic heterocycles. The maximum atomic E-state index is 10.3. The van der Waals surface area contributed by atoms with Crippen LogP contribution in [0.2, 0.25) is 0 Å². The summed E-state index contributed by atoms with van der Waals surface area (Å²) in [6, 6.07) is 4.17. The first kappa shape index (κ1) is 16.5. The van der Waals surface area contributed by atoms with E-state index in [-0.39, 0.29) is 0 Å². The van der Waals surface area contributed by atoms with Gasteiger partial charge < -0.3 is 19.2 Å². The Kier molecular flexibility index (Phi) is 7.27. The van der Waals surface area contributed by atoms with Crippen molar-refractivity contribution in [2.75, 3.05) is 26.8 Å². The molecule has 0 aliphatic carbocycles. The molecular weight excluding hydrogens is 266 g/mol. The van der Waals surface area contributed by atoms with Crippen LogP contribution in [0.15, 0.2) is 22.8 Å². The molecule has 1 aromatic rings. The van der Waals surface area contributed by atoms with Crippen LogP contribution in [0.1, 0.15) is 56.8 Å². The molecule has 2 unspecified atom stereocenters. The first-order chi connectivity index (χ1) is 10.3. The Morgan fingerprint density at radius 3 is 3.05 bits per heavy atom. The number of hydrogen-bond acceptors (Lipinski definition) is 4. The van der Waals surface area contributed by atoms with E-state index in [0.29, 0.717) is 11.8 Å². The molecule has 1 N–H and O–H groups in total. The summed E-state index contributed by atoms with van der Waals surface area (Å²) in [5.74, 6) is 0.693. The van der Waals surface area contributed by atoms with E-state index in [1.54, 1.807) is 13.4 Å². The minimum atomic E-state index is -0.482. The van der Waals surface area contributed by atoms with Crippen molar-refractivity contribution in [2.45, 2.75) is 57.1 Å².